The number of hydrogen-bond acceptors (Lipinski definition) is 8. The Morgan fingerprint density at radius 2 is 1.75 bits per heavy atom. The zero-order valence-corrected chi connectivity index (χ0v) is 15.8. The van der Waals surface area contributed by atoms with Gasteiger partial charge in [-0.3, -0.25) is 14.6 Å². The largest absolute Gasteiger partial charge is 0.506 e. The van der Waals surface area contributed by atoms with Crippen LogP contribution in [0.15, 0.2) is 38.5 Å². The zero-order chi connectivity index (χ0) is 20.8. The minimum atomic E-state index is -1.03. The average molecular weight is 387 g/mol. The van der Waals surface area contributed by atoms with Gasteiger partial charge in [0.1, 0.15) is 22.6 Å². The molecule has 0 bridgehead atoms. The summed E-state index contributed by atoms with van der Waals surface area (Å²) in [7, 11) is 0. The van der Waals surface area contributed by atoms with Gasteiger partial charge in [-0.15, -0.1) is 0 Å². The normalized spacial score (nSPS) is 11.3. The number of aliphatic imine (C=N–C) groups is 1. The molecule has 0 atom stereocenters. The number of benzene rings is 1. The van der Waals surface area contributed by atoms with E-state index < -0.39 is 28.7 Å². The van der Waals surface area contributed by atoms with Crippen LogP contribution in [0.4, 0.5) is 5.69 Å². The highest BCUT2D eigenvalue weighted by molar-refractivity contribution is 6.07. The molecule has 0 saturated carbocycles. The summed E-state index contributed by atoms with van der Waals surface area (Å²) in [5.41, 5.74) is -1.33. The second-order valence-corrected chi connectivity index (χ2v) is 6.12. The van der Waals surface area contributed by atoms with Crippen molar-refractivity contribution in [1.29, 1.82) is 0 Å². The van der Waals surface area contributed by atoms with Gasteiger partial charge in [0.05, 0.1) is 11.4 Å². The highest BCUT2D eigenvalue weighted by Crippen LogP contribution is 2.29. The van der Waals surface area contributed by atoms with E-state index in [0.717, 1.165) is 19.8 Å². The Bertz CT molecular complexity index is 971. The quantitative estimate of drug-likeness (QED) is 0.322. The topological polar surface area (TPSA) is 126 Å². The number of Topliss-reactive ketones (excluding diaryl/α,β-unsaturated/α-hetero) is 1. The first-order valence-corrected chi connectivity index (χ1v) is 8.71. The third kappa shape index (κ3) is 4.85. The van der Waals surface area contributed by atoms with Crippen molar-refractivity contribution in [3.63, 3.8) is 0 Å². The van der Waals surface area contributed by atoms with Crippen LogP contribution < -0.4 is 10.4 Å². The van der Waals surface area contributed by atoms with E-state index >= 15 is 0 Å². The van der Waals surface area contributed by atoms with Crippen LogP contribution in [0.3, 0.4) is 0 Å². The Morgan fingerprint density at radius 1 is 1.11 bits per heavy atom. The van der Waals surface area contributed by atoms with Crippen LogP contribution in [-0.2, 0) is 4.79 Å². The Kier molecular flexibility index (Phi) is 6.70. The highest BCUT2D eigenvalue weighted by Gasteiger charge is 2.23. The van der Waals surface area contributed by atoms with Gasteiger partial charge in [0, 0.05) is 6.42 Å². The van der Waals surface area contributed by atoms with E-state index in [-0.39, 0.29) is 17.2 Å². The maximum absolute atomic E-state index is 12.0. The van der Waals surface area contributed by atoms with Crippen LogP contribution in [0, 0.1) is 0 Å². The van der Waals surface area contributed by atoms with Crippen LogP contribution in [0.5, 0.6) is 17.4 Å². The predicted molar refractivity (Wildman–Crippen MR) is 102 cm³/mol. The number of nitrogens with zero attached hydrogens (tertiary/aromatic N) is 1. The minimum absolute atomic E-state index is 0.0847. The molecule has 8 nitrogen and oxygen atoms in total. The van der Waals surface area contributed by atoms with Gasteiger partial charge in [-0.25, -0.2) is 4.79 Å². The van der Waals surface area contributed by atoms with Gasteiger partial charge in [0.2, 0.25) is 0 Å². The Hall–Kier alpha value is -3.42. The lowest BCUT2D eigenvalue weighted by Gasteiger charge is -2.08. The van der Waals surface area contributed by atoms with Crippen LogP contribution in [0.1, 0.15) is 56.0 Å². The van der Waals surface area contributed by atoms with Crippen molar-refractivity contribution < 1.29 is 29.0 Å². The third-order valence-corrected chi connectivity index (χ3v) is 3.89. The second kappa shape index (κ2) is 8.98. The number of hydrogen-bond donors (Lipinski definition) is 2. The molecule has 0 aliphatic rings. The molecule has 0 saturated heterocycles. The molecular weight excluding hydrogens is 366 g/mol. The average Bonchev–Trinajstić information content (AvgIpc) is 2.60. The summed E-state index contributed by atoms with van der Waals surface area (Å²) in [6, 6.07) is 6.24. The molecule has 1 heterocycles. The summed E-state index contributed by atoms with van der Waals surface area (Å²) in [5, 5.41) is 19.8. The van der Waals surface area contributed by atoms with Gasteiger partial charge in [-0.05, 0) is 44.5 Å². The summed E-state index contributed by atoms with van der Waals surface area (Å²) in [6.45, 7) is 4.55. The molecule has 2 rings (SSSR count). The Balaban J connectivity index is 2.29. The van der Waals surface area contributed by atoms with Crippen molar-refractivity contribution in [2.24, 2.45) is 4.99 Å². The van der Waals surface area contributed by atoms with Crippen molar-refractivity contribution in [3.8, 4) is 17.4 Å². The van der Waals surface area contributed by atoms with E-state index in [1.54, 1.807) is 24.3 Å². The third-order valence-electron chi connectivity index (χ3n) is 3.89. The van der Waals surface area contributed by atoms with Gasteiger partial charge in [0.15, 0.2) is 5.78 Å². The van der Waals surface area contributed by atoms with Crippen molar-refractivity contribution in [2.75, 3.05) is 0 Å². The molecule has 2 aromatic rings. The smallest absolute Gasteiger partial charge is 0.351 e. The molecule has 8 heteroatoms. The first-order chi connectivity index (χ1) is 13.2. The van der Waals surface area contributed by atoms with Gasteiger partial charge in [0.25, 0.3) is 5.95 Å². The molecule has 0 unspecified atom stereocenters. The summed E-state index contributed by atoms with van der Waals surface area (Å²) in [6.07, 6.45) is 1.98. The van der Waals surface area contributed by atoms with Crippen molar-refractivity contribution in [1.82, 2.24) is 0 Å². The van der Waals surface area contributed by atoms with Crippen LogP contribution >= 0.6 is 0 Å². The van der Waals surface area contributed by atoms with Crippen LogP contribution in [-0.4, -0.2) is 27.7 Å². The summed E-state index contributed by atoms with van der Waals surface area (Å²) in [5.74, 6) is -2.26. The molecule has 0 spiro atoms. The van der Waals surface area contributed by atoms with Crippen LogP contribution in [0.2, 0.25) is 0 Å². The second-order valence-electron chi connectivity index (χ2n) is 6.12. The molecule has 0 aliphatic carbocycles. The highest BCUT2D eigenvalue weighted by atomic mass is 16.5. The van der Waals surface area contributed by atoms with E-state index in [2.05, 4.69) is 9.41 Å². The van der Waals surface area contributed by atoms with E-state index in [9.17, 15) is 24.6 Å². The molecule has 0 aliphatic heterocycles. The molecule has 28 heavy (non-hydrogen) atoms. The standard InChI is InChI=1S/C20H21NO7/c1-4-5-6-15(23)27-14-9-7-13(8-10-14)21-11(2)16-18(24)17(12(3)22)20(26)28-19(16)25/h7-10,24,26H,4-6H2,1-3H3. The lowest BCUT2D eigenvalue weighted by Crippen LogP contribution is -2.15. The molecule has 0 amide bonds. The van der Waals surface area contributed by atoms with Gasteiger partial charge >= 0.3 is 11.6 Å². The van der Waals surface area contributed by atoms with Gasteiger partial charge < -0.3 is 19.4 Å². The number of carbonyl (C=O) groups is 2. The van der Waals surface area contributed by atoms with Crippen molar-refractivity contribution >= 4 is 23.2 Å². The summed E-state index contributed by atoms with van der Waals surface area (Å²) < 4.78 is 9.81. The van der Waals surface area contributed by atoms with Gasteiger partial charge in [-0.2, -0.15) is 0 Å². The maximum Gasteiger partial charge on any atom is 0.351 e. The number of aromatic hydroxyl groups is 2. The number of unbranched alkanes of at least 4 members (excludes halogenated alkanes) is 1. The Labute approximate surface area is 161 Å². The fourth-order valence-electron chi connectivity index (χ4n) is 2.49. The predicted octanol–water partition coefficient (Wildman–Crippen LogP) is 3.49. The monoisotopic (exact) mass is 387 g/mol. The minimum Gasteiger partial charge on any atom is -0.506 e. The Morgan fingerprint density at radius 3 is 2.32 bits per heavy atom. The number of ketones is 1. The number of esters is 1. The molecule has 148 valence electrons. The first kappa shape index (κ1) is 20.9. The molecule has 0 fully saturated rings. The molecule has 1 aromatic heterocycles. The van der Waals surface area contributed by atoms with Crippen LogP contribution in [0.25, 0.3) is 0 Å². The molecule has 0 radical (unpaired) electrons. The maximum atomic E-state index is 12.0. The lowest BCUT2D eigenvalue weighted by atomic mass is 10.1. The summed E-state index contributed by atoms with van der Waals surface area (Å²) in [4.78, 5) is 39.4. The lowest BCUT2D eigenvalue weighted by molar-refractivity contribution is -0.134. The van der Waals surface area contributed by atoms with E-state index in [1.165, 1.54) is 6.92 Å². The number of rotatable bonds is 7. The van der Waals surface area contributed by atoms with Crippen molar-refractivity contribution in [3.05, 3.63) is 45.8 Å². The van der Waals surface area contributed by atoms with E-state index in [4.69, 9.17) is 4.74 Å². The number of ether oxygens (including phenoxy) is 1. The first-order valence-electron chi connectivity index (χ1n) is 8.71. The van der Waals surface area contributed by atoms with E-state index in [0.29, 0.717) is 17.9 Å². The van der Waals surface area contributed by atoms with Crippen molar-refractivity contribution in [2.45, 2.75) is 40.0 Å². The summed E-state index contributed by atoms with van der Waals surface area (Å²) >= 11 is 0. The SMILES string of the molecule is CCCCC(=O)Oc1ccc(N=C(C)c2c(O)c(C(C)=O)c(O)oc2=O)cc1. The molecule has 1 aromatic carbocycles. The fourth-order valence-corrected chi connectivity index (χ4v) is 2.49. The number of carbonyl (C=O) groups excluding carboxylic acids is 2. The van der Waals surface area contributed by atoms with Gasteiger partial charge in [-0.1, -0.05) is 13.3 Å². The fraction of sp³-hybridized carbons (Fsp3) is 0.300. The zero-order valence-electron chi connectivity index (χ0n) is 15.8. The van der Waals surface area contributed by atoms with E-state index in [1.807, 2.05) is 6.92 Å². The molecule has 2 N–H and O–H groups in total. The molecular formula is C20H21NO7.